The van der Waals surface area contributed by atoms with Crippen LogP contribution >= 0.6 is 11.5 Å². The lowest BCUT2D eigenvalue weighted by molar-refractivity contribution is -0.121. The molecule has 0 radical (unpaired) electrons. The summed E-state index contributed by atoms with van der Waals surface area (Å²) >= 11 is 1.25. The third kappa shape index (κ3) is 4.04. The third-order valence-electron chi connectivity index (χ3n) is 2.06. The molecule has 0 spiro atoms. The summed E-state index contributed by atoms with van der Waals surface area (Å²) in [5.74, 6) is 0.00671. The Hall–Kier alpha value is -1.61. The molecular weight excluding hydrogens is 236 g/mol. The number of hydrogen-bond donors (Lipinski definition) is 2. The molecule has 0 bridgehead atoms. The van der Waals surface area contributed by atoms with Crippen molar-refractivity contribution in [2.45, 2.75) is 33.2 Å². The molecule has 0 aliphatic rings. The minimum atomic E-state index is 0.00671. The zero-order valence-electron chi connectivity index (χ0n) is 10.2. The molecular formula is C11H16N4OS. The van der Waals surface area contributed by atoms with Crippen LogP contribution in [0.25, 0.3) is 0 Å². The number of anilines is 1. The van der Waals surface area contributed by atoms with Crippen LogP contribution in [0.15, 0.2) is 0 Å². The van der Waals surface area contributed by atoms with Crippen molar-refractivity contribution in [3.8, 4) is 6.07 Å². The summed E-state index contributed by atoms with van der Waals surface area (Å²) in [6, 6.07) is 2.25. The highest BCUT2D eigenvalue weighted by Crippen LogP contribution is 2.22. The van der Waals surface area contributed by atoms with Gasteiger partial charge in [-0.25, -0.2) is 0 Å². The second-order valence-electron chi connectivity index (χ2n) is 3.98. The van der Waals surface area contributed by atoms with Gasteiger partial charge in [0, 0.05) is 19.0 Å². The fourth-order valence-corrected chi connectivity index (χ4v) is 2.08. The molecule has 1 amide bonds. The van der Waals surface area contributed by atoms with Gasteiger partial charge in [0.25, 0.3) is 0 Å². The number of amides is 1. The molecule has 1 heterocycles. The van der Waals surface area contributed by atoms with Crippen LogP contribution in [0.3, 0.4) is 0 Å². The summed E-state index contributed by atoms with van der Waals surface area (Å²) in [7, 11) is 0. The summed E-state index contributed by atoms with van der Waals surface area (Å²) in [4.78, 5) is 11.4. The maximum atomic E-state index is 11.4. The number of carbonyl (C=O) groups excluding carboxylic acids is 1. The van der Waals surface area contributed by atoms with Gasteiger partial charge in [-0.3, -0.25) is 4.79 Å². The van der Waals surface area contributed by atoms with Gasteiger partial charge < -0.3 is 10.6 Å². The van der Waals surface area contributed by atoms with E-state index in [4.69, 9.17) is 5.26 Å². The van der Waals surface area contributed by atoms with E-state index in [2.05, 4.69) is 21.1 Å². The van der Waals surface area contributed by atoms with Crippen LogP contribution in [0.1, 0.15) is 31.5 Å². The molecule has 2 N–H and O–H groups in total. The lowest BCUT2D eigenvalue weighted by Crippen LogP contribution is -2.31. The molecule has 6 heteroatoms. The highest BCUT2D eigenvalue weighted by atomic mass is 32.1. The largest absolute Gasteiger partial charge is 0.374 e. The van der Waals surface area contributed by atoms with E-state index >= 15 is 0 Å². The summed E-state index contributed by atoms with van der Waals surface area (Å²) in [6.07, 6.45) is 0.389. The Morgan fingerprint density at radius 2 is 2.29 bits per heavy atom. The number of nitriles is 1. The van der Waals surface area contributed by atoms with Crippen LogP contribution in [-0.4, -0.2) is 22.9 Å². The first-order valence-electron chi connectivity index (χ1n) is 5.44. The van der Waals surface area contributed by atoms with Crippen molar-refractivity contribution in [2.75, 3.05) is 11.9 Å². The van der Waals surface area contributed by atoms with Crippen LogP contribution in [0, 0.1) is 18.3 Å². The monoisotopic (exact) mass is 252 g/mol. The number of nitrogens with zero attached hydrogens (tertiary/aromatic N) is 2. The Balaban J connectivity index is 2.41. The minimum absolute atomic E-state index is 0.00671. The minimum Gasteiger partial charge on any atom is -0.374 e. The lowest BCUT2D eigenvalue weighted by Gasteiger charge is -2.08. The Labute approximate surface area is 105 Å². The lowest BCUT2D eigenvalue weighted by atomic mass is 10.3. The Morgan fingerprint density at radius 3 is 2.88 bits per heavy atom. The molecule has 0 aliphatic carbocycles. The molecule has 0 fully saturated rings. The van der Waals surface area contributed by atoms with Crippen molar-refractivity contribution in [1.29, 1.82) is 5.26 Å². The smallest absolute Gasteiger partial charge is 0.221 e. The van der Waals surface area contributed by atoms with Crippen molar-refractivity contribution in [3.05, 3.63) is 11.3 Å². The highest BCUT2D eigenvalue weighted by Gasteiger charge is 2.10. The van der Waals surface area contributed by atoms with E-state index in [1.165, 1.54) is 11.5 Å². The normalized spacial score (nSPS) is 10.1. The maximum Gasteiger partial charge on any atom is 0.221 e. The number of aryl methyl sites for hydroxylation is 1. The van der Waals surface area contributed by atoms with Gasteiger partial charge in [0.1, 0.15) is 16.6 Å². The van der Waals surface area contributed by atoms with E-state index in [1.54, 1.807) is 6.92 Å². The van der Waals surface area contributed by atoms with Crippen LogP contribution in [0.5, 0.6) is 0 Å². The molecule has 1 aromatic rings. The van der Waals surface area contributed by atoms with Gasteiger partial charge in [-0.2, -0.15) is 9.64 Å². The van der Waals surface area contributed by atoms with Gasteiger partial charge in [0.15, 0.2) is 0 Å². The SMILES string of the molecule is Cc1nsc(NCCC(=O)NC(C)C)c1C#N. The third-order valence-corrected chi connectivity index (χ3v) is 2.96. The summed E-state index contributed by atoms with van der Waals surface area (Å²) in [5, 5.41) is 15.5. The number of nitrogens with one attached hydrogen (secondary N) is 2. The predicted octanol–water partition coefficient (Wildman–Crippen LogP) is 1.65. The molecule has 0 saturated carbocycles. The van der Waals surface area contributed by atoms with Crippen molar-refractivity contribution in [1.82, 2.24) is 9.69 Å². The standard InChI is InChI=1S/C11H16N4OS/c1-7(2)14-10(16)4-5-13-11-9(6-12)8(3)15-17-11/h7,13H,4-5H2,1-3H3,(H,14,16). The molecule has 0 atom stereocenters. The molecule has 17 heavy (non-hydrogen) atoms. The van der Waals surface area contributed by atoms with Crippen LogP contribution in [0.4, 0.5) is 5.00 Å². The Bertz CT molecular complexity index is 433. The van der Waals surface area contributed by atoms with Crippen molar-refractivity contribution in [2.24, 2.45) is 0 Å². The average Bonchev–Trinajstić information content (AvgIpc) is 2.58. The van der Waals surface area contributed by atoms with Crippen LogP contribution in [0.2, 0.25) is 0 Å². The summed E-state index contributed by atoms with van der Waals surface area (Å²) < 4.78 is 4.09. The van der Waals surface area contributed by atoms with Gasteiger partial charge in [0.05, 0.1) is 5.69 Å². The van der Waals surface area contributed by atoms with Gasteiger partial charge in [-0.15, -0.1) is 0 Å². The molecule has 0 saturated heterocycles. The van der Waals surface area contributed by atoms with E-state index in [9.17, 15) is 4.79 Å². The summed E-state index contributed by atoms with van der Waals surface area (Å²) in [6.45, 7) is 6.15. The number of hydrogen-bond acceptors (Lipinski definition) is 5. The Morgan fingerprint density at radius 1 is 1.59 bits per heavy atom. The first-order valence-corrected chi connectivity index (χ1v) is 6.21. The first-order chi connectivity index (χ1) is 8.04. The van der Waals surface area contributed by atoms with E-state index in [-0.39, 0.29) is 11.9 Å². The molecule has 0 unspecified atom stereocenters. The molecule has 0 aromatic carbocycles. The zero-order chi connectivity index (χ0) is 12.8. The highest BCUT2D eigenvalue weighted by molar-refractivity contribution is 7.10. The van der Waals surface area contributed by atoms with Crippen molar-refractivity contribution in [3.63, 3.8) is 0 Å². The summed E-state index contributed by atoms with van der Waals surface area (Å²) in [5.41, 5.74) is 1.30. The van der Waals surface area contributed by atoms with Gasteiger partial charge in [-0.1, -0.05) is 0 Å². The fourth-order valence-electron chi connectivity index (χ4n) is 1.31. The molecule has 1 aromatic heterocycles. The van der Waals surface area contributed by atoms with Crippen LogP contribution in [-0.2, 0) is 4.79 Å². The van der Waals surface area contributed by atoms with E-state index < -0.39 is 0 Å². The van der Waals surface area contributed by atoms with Gasteiger partial charge in [-0.05, 0) is 32.3 Å². The fraction of sp³-hybridized carbons (Fsp3) is 0.545. The van der Waals surface area contributed by atoms with Gasteiger partial charge >= 0.3 is 0 Å². The zero-order valence-corrected chi connectivity index (χ0v) is 11.0. The van der Waals surface area contributed by atoms with Crippen LogP contribution < -0.4 is 10.6 Å². The predicted molar refractivity (Wildman–Crippen MR) is 68.0 cm³/mol. The van der Waals surface area contributed by atoms with Crippen molar-refractivity contribution < 1.29 is 4.79 Å². The van der Waals surface area contributed by atoms with E-state index in [0.717, 1.165) is 10.7 Å². The number of rotatable bonds is 5. The van der Waals surface area contributed by atoms with E-state index in [0.29, 0.717) is 18.5 Å². The van der Waals surface area contributed by atoms with Gasteiger partial charge in [0.2, 0.25) is 5.91 Å². The maximum absolute atomic E-state index is 11.4. The first kappa shape index (κ1) is 13.5. The van der Waals surface area contributed by atoms with E-state index in [1.807, 2.05) is 13.8 Å². The second-order valence-corrected chi connectivity index (χ2v) is 4.76. The second kappa shape index (κ2) is 6.21. The quantitative estimate of drug-likeness (QED) is 0.835. The molecule has 5 nitrogen and oxygen atoms in total. The molecule has 92 valence electrons. The van der Waals surface area contributed by atoms with Crippen molar-refractivity contribution >= 4 is 22.4 Å². The topological polar surface area (TPSA) is 77.8 Å². The molecule has 0 aliphatic heterocycles. The average molecular weight is 252 g/mol. The number of carbonyl (C=O) groups is 1. The number of aromatic nitrogens is 1. The Kier molecular flexibility index (Phi) is 4.91. The molecule has 1 rings (SSSR count).